The Balaban J connectivity index is 3.19. The first-order valence-electron chi connectivity index (χ1n) is 5.21. The van der Waals surface area contributed by atoms with Crippen molar-refractivity contribution in [3.05, 3.63) is 34.6 Å². The molecule has 0 bridgehead atoms. The van der Waals surface area contributed by atoms with Crippen LogP contribution in [0.3, 0.4) is 0 Å². The summed E-state index contributed by atoms with van der Waals surface area (Å²) >= 11 is 5.61. The predicted molar refractivity (Wildman–Crippen MR) is 62.4 cm³/mol. The van der Waals surface area contributed by atoms with Crippen LogP contribution in [0.4, 0.5) is 4.39 Å². The molecule has 94 valence electrons. The zero-order chi connectivity index (χ0) is 13.2. The molecule has 0 spiro atoms. The van der Waals surface area contributed by atoms with Crippen molar-refractivity contribution >= 4 is 17.6 Å². The molecule has 0 aliphatic heterocycles. The fourth-order valence-electron chi connectivity index (χ4n) is 1.82. The van der Waals surface area contributed by atoms with Crippen LogP contribution in [0.2, 0.25) is 5.02 Å². The lowest BCUT2D eigenvalue weighted by Crippen LogP contribution is -2.36. The van der Waals surface area contributed by atoms with Crippen molar-refractivity contribution in [1.29, 1.82) is 0 Å². The average Bonchev–Trinajstić information content (AvgIpc) is 2.21. The molecule has 1 aromatic carbocycles. The van der Waals surface area contributed by atoms with E-state index < -0.39 is 23.3 Å². The summed E-state index contributed by atoms with van der Waals surface area (Å²) in [5.74, 6) is -2.67. The van der Waals surface area contributed by atoms with Crippen molar-refractivity contribution in [3.8, 4) is 0 Å². The molecule has 0 fully saturated rings. The fourth-order valence-corrected chi connectivity index (χ4v) is 2.01. The smallest absolute Gasteiger partial charge is 0.309 e. The van der Waals surface area contributed by atoms with E-state index in [0.717, 1.165) is 6.07 Å². The third-order valence-electron chi connectivity index (χ3n) is 2.89. The van der Waals surface area contributed by atoms with Crippen LogP contribution in [0.25, 0.3) is 0 Å². The van der Waals surface area contributed by atoms with Crippen molar-refractivity contribution in [2.75, 3.05) is 0 Å². The lowest BCUT2D eigenvalue weighted by molar-refractivity contribution is -0.152. The molecule has 0 saturated heterocycles. The summed E-state index contributed by atoms with van der Waals surface area (Å²) in [6, 6.07) is 3.70. The van der Waals surface area contributed by atoms with Gasteiger partial charge in [-0.15, -0.1) is 0 Å². The molecule has 0 aliphatic rings. The van der Waals surface area contributed by atoms with E-state index in [-0.39, 0.29) is 17.0 Å². The van der Waals surface area contributed by atoms with Gasteiger partial charge < -0.3 is 10.2 Å². The van der Waals surface area contributed by atoms with Crippen LogP contribution in [-0.2, 0) is 10.4 Å². The SMILES string of the molecule is CCC(C(=O)O)C(C)(O)c1ccc(F)c(Cl)c1. The molecule has 2 unspecified atom stereocenters. The first-order chi connectivity index (χ1) is 7.80. The number of benzene rings is 1. The molecule has 5 heteroatoms. The molecule has 17 heavy (non-hydrogen) atoms. The number of carbonyl (C=O) groups is 1. The van der Waals surface area contributed by atoms with Crippen LogP contribution in [0.15, 0.2) is 18.2 Å². The molecular formula is C12H14ClFO3. The molecule has 0 saturated carbocycles. The molecule has 2 N–H and O–H groups in total. The van der Waals surface area contributed by atoms with Gasteiger partial charge in [-0.25, -0.2) is 4.39 Å². The number of hydrogen-bond acceptors (Lipinski definition) is 2. The van der Waals surface area contributed by atoms with Gasteiger partial charge in [-0.1, -0.05) is 24.6 Å². The summed E-state index contributed by atoms with van der Waals surface area (Å²) in [5, 5.41) is 19.2. The lowest BCUT2D eigenvalue weighted by Gasteiger charge is -2.30. The van der Waals surface area contributed by atoms with Crippen molar-refractivity contribution < 1.29 is 19.4 Å². The van der Waals surface area contributed by atoms with Gasteiger partial charge >= 0.3 is 5.97 Å². The lowest BCUT2D eigenvalue weighted by atomic mass is 9.81. The molecule has 1 aromatic rings. The number of halogens is 2. The molecule has 2 atom stereocenters. The maximum absolute atomic E-state index is 13.0. The summed E-state index contributed by atoms with van der Waals surface area (Å²) in [4.78, 5) is 11.0. The normalized spacial score (nSPS) is 16.3. The van der Waals surface area contributed by atoms with E-state index in [1.54, 1.807) is 6.92 Å². The van der Waals surface area contributed by atoms with E-state index >= 15 is 0 Å². The van der Waals surface area contributed by atoms with Crippen LogP contribution in [0.1, 0.15) is 25.8 Å². The van der Waals surface area contributed by atoms with Crippen molar-refractivity contribution in [3.63, 3.8) is 0 Å². The van der Waals surface area contributed by atoms with Crippen molar-refractivity contribution in [1.82, 2.24) is 0 Å². The molecule has 0 amide bonds. The van der Waals surface area contributed by atoms with Crippen LogP contribution in [-0.4, -0.2) is 16.2 Å². The minimum Gasteiger partial charge on any atom is -0.481 e. The highest BCUT2D eigenvalue weighted by Gasteiger charge is 2.37. The van der Waals surface area contributed by atoms with Gasteiger partial charge in [0.05, 0.1) is 10.9 Å². The van der Waals surface area contributed by atoms with Gasteiger partial charge in [0.2, 0.25) is 0 Å². The Kier molecular flexibility index (Phi) is 4.11. The zero-order valence-corrected chi connectivity index (χ0v) is 10.3. The summed E-state index contributed by atoms with van der Waals surface area (Å²) < 4.78 is 13.0. The first-order valence-corrected chi connectivity index (χ1v) is 5.59. The number of carboxylic acid groups (broad SMARTS) is 1. The molecule has 0 radical (unpaired) electrons. The highest BCUT2D eigenvalue weighted by atomic mass is 35.5. The second kappa shape index (κ2) is 5.02. The van der Waals surface area contributed by atoms with Crippen LogP contribution >= 0.6 is 11.6 Å². The Hall–Kier alpha value is -1.13. The molecular weight excluding hydrogens is 247 g/mol. The van der Waals surface area contributed by atoms with Crippen molar-refractivity contribution in [2.45, 2.75) is 25.9 Å². The molecule has 0 aromatic heterocycles. The Morgan fingerprint density at radius 2 is 2.18 bits per heavy atom. The van der Waals surface area contributed by atoms with Gasteiger partial charge in [0.1, 0.15) is 11.4 Å². The van der Waals surface area contributed by atoms with E-state index in [0.29, 0.717) is 0 Å². The van der Waals surface area contributed by atoms with E-state index in [1.807, 2.05) is 0 Å². The Labute approximate surface area is 104 Å². The quantitative estimate of drug-likeness (QED) is 0.875. The van der Waals surface area contributed by atoms with Crippen LogP contribution in [0, 0.1) is 11.7 Å². The zero-order valence-electron chi connectivity index (χ0n) is 9.58. The van der Waals surface area contributed by atoms with Crippen molar-refractivity contribution in [2.24, 2.45) is 5.92 Å². The average molecular weight is 261 g/mol. The molecule has 0 heterocycles. The minimum atomic E-state index is -1.59. The molecule has 0 aliphatic carbocycles. The molecule has 3 nitrogen and oxygen atoms in total. The van der Waals surface area contributed by atoms with Gasteiger partial charge in [0.15, 0.2) is 0 Å². The Bertz CT molecular complexity index is 432. The monoisotopic (exact) mass is 260 g/mol. The van der Waals surface area contributed by atoms with Gasteiger partial charge in [0.25, 0.3) is 0 Å². The maximum Gasteiger partial charge on any atom is 0.309 e. The van der Waals surface area contributed by atoms with E-state index in [9.17, 15) is 14.3 Å². The number of rotatable bonds is 4. The maximum atomic E-state index is 13.0. The highest BCUT2D eigenvalue weighted by molar-refractivity contribution is 6.30. The van der Waals surface area contributed by atoms with Gasteiger partial charge in [-0.2, -0.15) is 0 Å². The largest absolute Gasteiger partial charge is 0.481 e. The third-order valence-corrected chi connectivity index (χ3v) is 3.18. The Morgan fingerprint density at radius 1 is 1.59 bits per heavy atom. The van der Waals surface area contributed by atoms with E-state index in [1.165, 1.54) is 19.1 Å². The fraction of sp³-hybridized carbons (Fsp3) is 0.417. The van der Waals surface area contributed by atoms with Gasteiger partial charge in [-0.3, -0.25) is 4.79 Å². The Morgan fingerprint density at radius 3 is 2.59 bits per heavy atom. The highest BCUT2D eigenvalue weighted by Crippen LogP contribution is 2.33. The number of aliphatic hydroxyl groups is 1. The second-order valence-electron chi connectivity index (χ2n) is 4.08. The van der Waals surface area contributed by atoms with Gasteiger partial charge in [-0.05, 0) is 31.0 Å². The first kappa shape index (κ1) is 13.9. The van der Waals surface area contributed by atoms with Crippen LogP contribution in [0.5, 0.6) is 0 Å². The summed E-state index contributed by atoms with van der Waals surface area (Å²) in [6.45, 7) is 3.05. The molecule has 1 rings (SSSR count). The summed E-state index contributed by atoms with van der Waals surface area (Å²) in [5.41, 5.74) is -1.30. The number of aliphatic carboxylic acids is 1. The summed E-state index contributed by atoms with van der Waals surface area (Å²) in [6.07, 6.45) is 0.261. The third kappa shape index (κ3) is 2.76. The predicted octanol–water partition coefficient (Wildman–Crippen LogP) is 2.80. The van der Waals surface area contributed by atoms with E-state index in [4.69, 9.17) is 16.7 Å². The minimum absolute atomic E-state index is 0.136. The van der Waals surface area contributed by atoms with Crippen LogP contribution < -0.4 is 0 Å². The topological polar surface area (TPSA) is 57.5 Å². The number of hydrogen-bond donors (Lipinski definition) is 2. The van der Waals surface area contributed by atoms with Gasteiger partial charge in [0, 0.05) is 0 Å². The number of carboxylic acids is 1. The van der Waals surface area contributed by atoms with E-state index in [2.05, 4.69) is 0 Å². The standard InChI is InChI=1S/C12H14ClFO3/c1-3-8(11(15)16)12(2,17)7-4-5-10(14)9(13)6-7/h4-6,8,17H,3H2,1-2H3,(H,15,16). The second-order valence-corrected chi connectivity index (χ2v) is 4.48. The summed E-state index contributed by atoms with van der Waals surface area (Å²) in [7, 11) is 0.